The van der Waals surface area contributed by atoms with Crippen LogP contribution in [0.2, 0.25) is 0 Å². The van der Waals surface area contributed by atoms with Gasteiger partial charge in [-0.25, -0.2) is 0 Å². The summed E-state index contributed by atoms with van der Waals surface area (Å²) in [6.07, 6.45) is 2.04. The normalized spacial score (nSPS) is 6.70. The Morgan fingerprint density at radius 2 is 1.90 bits per heavy atom. The maximum absolute atomic E-state index is 8.89. The summed E-state index contributed by atoms with van der Waals surface area (Å²) >= 11 is 0. The van der Waals surface area contributed by atoms with Crippen LogP contribution in [0.5, 0.6) is 0 Å². The van der Waals surface area contributed by atoms with Gasteiger partial charge in [0.1, 0.15) is 0 Å². The SMILES string of the molecule is CC(=O)[O-].CCCCO.[Ag+]. The molecule has 0 aromatic rings. The number of carboxylic acid groups (broad SMARTS) is 1. The Hall–Kier alpha value is 0.170. The van der Waals surface area contributed by atoms with Gasteiger partial charge in [-0.15, -0.1) is 0 Å². The second kappa shape index (κ2) is 16.1. The van der Waals surface area contributed by atoms with Gasteiger partial charge in [0, 0.05) is 12.6 Å². The van der Waals surface area contributed by atoms with E-state index >= 15 is 0 Å². The van der Waals surface area contributed by atoms with Gasteiger partial charge in [0.05, 0.1) is 0 Å². The molecule has 0 spiro atoms. The first kappa shape index (κ1) is 16.6. The van der Waals surface area contributed by atoms with Gasteiger partial charge in [-0.1, -0.05) is 13.3 Å². The van der Waals surface area contributed by atoms with Crippen LogP contribution >= 0.6 is 0 Å². The van der Waals surface area contributed by atoms with Crippen LogP contribution in [0.4, 0.5) is 0 Å². The Morgan fingerprint density at radius 1 is 1.60 bits per heavy atom. The van der Waals surface area contributed by atoms with Crippen molar-refractivity contribution in [1.82, 2.24) is 0 Å². The quantitative estimate of drug-likeness (QED) is 0.665. The van der Waals surface area contributed by atoms with Crippen LogP contribution in [0, 0.1) is 0 Å². The first-order valence-corrected chi connectivity index (χ1v) is 2.93. The van der Waals surface area contributed by atoms with Gasteiger partial charge in [0.25, 0.3) is 0 Å². The van der Waals surface area contributed by atoms with Crippen molar-refractivity contribution in [2.75, 3.05) is 6.61 Å². The Bertz CT molecular complexity index is 60.0. The first-order valence-electron chi connectivity index (χ1n) is 2.93. The number of unbranched alkanes of at least 4 members (excludes halogenated alkanes) is 1. The molecule has 0 unspecified atom stereocenters. The number of aliphatic hydroxyl groups is 1. The minimum atomic E-state index is -1.08. The topological polar surface area (TPSA) is 60.4 Å². The van der Waals surface area contributed by atoms with E-state index in [2.05, 4.69) is 6.92 Å². The number of aliphatic hydroxyl groups excluding tert-OH is 1. The zero-order valence-electron chi connectivity index (χ0n) is 6.19. The summed E-state index contributed by atoms with van der Waals surface area (Å²) in [6.45, 7) is 3.37. The number of carbonyl (C=O) groups is 1. The van der Waals surface area contributed by atoms with Crippen LogP contribution in [0.3, 0.4) is 0 Å². The Balaban J connectivity index is -0.0000000910. The molecule has 0 aliphatic carbocycles. The van der Waals surface area contributed by atoms with E-state index in [1.165, 1.54) is 0 Å². The predicted octanol–water partition coefficient (Wildman–Crippen LogP) is -0.468. The molecule has 66 valence electrons. The molecule has 0 aliphatic rings. The minimum Gasteiger partial charge on any atom is -0.550 e. The Kier molecular flexibility index (Phi) is 26.7. The van der Waals surface area contributed by atoms with E-state index in [0.29, 0.717) is 6.61 Å². The summed E-state index contributed by atoms with van der Waals surface area (Å²) in [5.41, 5.74) is 0. The molecule has 0 fully saturated rings. The molecule has 0 rings (SSSR count). The number of aliphatic carboxylic acids is 1. The zero-order valence-corrected chi connectivity index (χ0v) is 7.67. The van der Waals surface area contributed by atoms with E-state index in [1.807, 2.05) is 0 Å². The monoisotopic (exact) mass is 240 g/mol. The molecule has 1 N–H and O–H groups in total. The number of hydrogen-bond donors (Lipinski definition) is 1. The molecule has 0 radical (unpaired) electrons. The van der Waals surface area contributed by atoms with E-state index in [9.17, 15) is 0 Å². The molecule has 10 heavy (non-hydrogen) atoms. The molecule has 0 heterocycles. The smallest absolute Gasteiger partial charge is 0.550 e. The molecular weight excluding hydrogens is 228 g/mol. The predicted molar refractivity (Wildman–Crippen MR) is 32.7 cm³/mol. The van der Waals surface area contributed by atoms with Crippen LogP contribution in [-0.4, -0.2) is 17.7 Å². The molecule has 4 heteroatoms. The molecule has 0 saturated carbocycles. The van der Waals surface area contributed by atoms with Crippen molar-refractivity contribution in [1.29, 1.82) is 0 Å². The molecule has 0 saturated heterocycles. The average Bonchev–Trinajstić information content (AvgIpc) is 1.66. The summed E-state index contributed by atoms with van der Waals surface area (Å²) in [7, 11) is 0. The van der Waals surface area contributed by atoms with Crippen LogP contribution in [0.1, 0.15) is 26.7 Å². The van der Waals surface area contributed by atoms with Crippen molar-refractivity contribution in [2.45, 2.75) is 26.7 Å². The van der Waals surface area contributed by atoms with Crippen molar-refractivity contribution < 1.29 is 37.4 Å². The molecule has 0 atom stereocenters. The van der Waals surface area contributed by atoms with Gasteiger partial charge in [-0.05, 0) is 13.3 Å². The fourth-order valence-corrected chi connectivity index (χ4v) is 0.158. The fraction of sp³-hybridized carbons (Fsp3) is 0.833. The van der Waals surface area contributed by atoms with Gasteiger partial charge in [0.2, 0.25) is 0 Å². The fourth-order valence-electron chi connectivity index (χ4n) is 0.158. The van der Waals surface area contributed by atoms with E-state index in [0.717, 1.165) is 19.8 Å². The number of carbonyl (C=O) groups excluding carboxylic acids is 1. The molecule has 0 amide bonds. The second-order valence-electron chi connectivity index (χ2n) is 1.57. The van der Waals surface area contributed by atoms with E-state index in [4.69, 9.17) is 15.0 Å². The van der Waals surface area contributed by atoms with Gasteiger partial charge < -0.3 is 15.0 Å². The van der Waals surface area contributed by atoms with Gasteiger partial charge >= 0.3 is 22.4 Å². The summed E-state index contributed by atoms with van der Waals surface area (Å²) in [5.74, 6) is -1.08. The summed E-state index contributed by atoms with van der Waals surface area (Å²) < 4.78 is 0. The summed E-state index contributed by atoms with van der Waals surface area (Å²) in [6, 6.07) is 0. The maximum atomic E-state index is 8.89. The molecule has 0 aromatic carbocycles. The molecule has 0 aliphatic heterocycles. The maximum Gasteiger partial charge on any atom is 1.00 e. The van der Waals surface area contributed by atoms with E-state index in [1.54, 1.807) is 0 Å². The number of hydrogen-bond acceptors (Lipinski definition) is 3. The van der Waals surface area contributed by atoms with Crippen LogP contribution in [0.15, 0.2) is 0 Å². The van der Waals surface area contributed by atoms with Gasteiger partial charge in [0.15, 0.2) is 0 Å². The molecule has 0 aromatic heterocycles. The van der Waals surface area contributed by atoms with Gasteiger partial charge in [-0.2, -0.15) is 0 Å². The third kappa shape index (κ3) is 89.2. The third-order valence-electron chi connectivity index (χ3n) is 0.512. The Labute approximate surface area is 77.0 Å². The van der Waals surface area contributed by atoms with Crippen molar-refractivity contribution >= 4 is 5.97 Å². The average molecular weight is 241 g/mol. The largest absolute Gasteiger partial charge is 1.00 e. The van der Waals surface area contributed by atoms with Gasteiger partial charge in [-0.3, -0.25) is 0 Å². The Morgan fingerprint density at radius 3 is 1.90 bits per heavy atom. The zero-order chi connectivity index (χ0) is 7.70. The second-order valence-corrected chi connectivity index (χ2v) is 1.57. The first-order chi connectivity index (χ1) is 4.15. The minimum absolute atomic E-state index is 0. The third-order valence-corrected chi connectivity index (χ3v) is 0.512. The number of carboxylic acids is 1. The van der Waals surface area contributed by atoms with E-state index in [-0.39, 0.29) is 22.4 Å². The standard InChI is InChI=1S/C4H10O.C2H4O2.Ag/c1-2-3-4-5;1-2(3)4;/h5H,2-4H2,1H3;1H3,(H,3,4);/q;;+1/p-1. The van der Waals surface area contributed by atoms with Crippen molar-refractivity contribution in [3.8, 4) is 0 Å². The molecular formula is C6H13AgO3. The van der Waals surface area contributed by atoms with Crippen molar-refractivity contribution in [3.05, 3.63) is 0 Å². The van der Waals surface area contributed by atoms with Crippen molar-refractivity contribution in [3.63, 3.8) is 0 Å². The van der Waals surface area contributed by atoms with Crippen molar-refractivity contribution in [2.24, 2.45) is 0 Å². The summed E-state index contributed by atoms with van der Waals surface area (Å²) in [5, 5.41) is 17.0. The molecule has 0 bridgehead atoms. The van der Waals surface area contributed by atoms with Crippen LogP contribution < -0.4 is 5.11 Å². The molecule has 3 nitrogen and oxygen atoms in total. The van der Waals surface area contributed by atoms with Crippen LogP contribution in [0.25, 0.3) is 0 Å². The summed E-state index contributed by atoms with van der Waals surface area (Å²) in [4.78, 5) is 8.89. The number of rotatable bonds is 2. The van der Waals surface area contributed by atoms with E-state index < -0.39 is 5.97 Å². The van der Waals surface area contributed by atoms with Crippen LogP contribution in [-0.2, 0) is 27.2 Å².